The van der Waals surface area contributed by atoms with Crippen LogP contribution in [0.15, 0.2) is 18.2 Å². The summed E-state index contributed by atoms with van der Waals surface area (Å²) in [5.41, 5.74) is 0.208. The molecule has 0 unspecified atom stereocenters. The minimum absolute atomic E-state index is 0.0985. The molecule has 0 atom stereocenters. The molecular formula is C12H13ClFNO3. The van der Waals surface area contributed by atoms with E-state index in [9.17, 15) is 14.0 Å². The van der Waals surface area contributed by atoms with Crippen molar-refractivity contribution in [2.24, 2.45) is 0 Å². The van der Waals surface area contributed by atoms with Crippen LogP contribution in [0.5, 0.6) is 0 Å². The second-order valence-electron chi connectivity index (χ2n) is 3.52. The van der Waals surface area contributed by atoms with E-state index in [1.54, 1.807) is 0 Å². The molecule has 0 spiro atoms. The van der Waals surface area contributed by atoms with Gasteiger partial charge in [0, 0.05) is 12.3 Å². The van der Waals surface area contributed by atoms with Crippen molar-refractivity contribution in [1.29, 1.82) is 0 Å². The molecule has 0 bridgehead atoms. The second kappa shape index (κ2) is 6.96. The molecule has 0 saturated carbocycles. The van der Waals surface area contributed by atoms with Gasteiger partial charge in [-0.15, -0.1) is 11.6 Å². The summed E-state index contributed by atoms with van der Waals surface area (Å²) >= 11 is 5.46. The van der Waals surface area contributed by atoms with Crippen molar-refractivity contribution < 1.29 is 18.7 Å². The SMILES string of the molecule is COC(=O)c1ccc(F)cc1NC(=O)CCCCl. The molecule has 1 amide bonds. The van der Waals surface area contributed by atoms with Crippen molar-refractivity contribution in [1.82, 2.24) is 0 Å². The summed E-state index contributed by atoms with van der Waals surface area (Å²) in [6.45, 7) is 0. The normalized spacial score (nSPS) is 9.94. The molecule has 4 nitrogen and oxygen atoms in total. The number of hydrogen-bond donors (Lipinski definition) is 1. The molecule has 1 N–H and O–H groups in total. The highest BCUT2D eigenvalue weighted by Crippen LogP contribution is 2.18. The maximum absolute atomic E-state index is 13.1. The Kier molecular flexibility index (Phi) is 5.58. The van der Waals surface area contributed by atoms with Gasteiger partial charge in [-0.05, 0) is 24.6 Å². The molecule has 6 heteroatoms. The number of amides is 1. The van der Waals surface area contributed by atoms with Crippen LogP contribution in [0.2, 0.25) is 0 Å². The molecular weight excluding hydrogens is 261 g/mol. The van der Waals surface area contributed by atoms with Gasteiger partial charge in [0.2, 0.25) is 5.91 Å². The van der Waals surface area contributed by atoms with Crippen LogP contribution in [0, 0.1) is 5.82 Å². The maximum Gasteiger partial charge on any atom is 0.339 e. The highest BCUT2D eigenvalue weighted by atomic mass is 35.5. The van der Waals surface area contributed by atoms with E-state index >= 15 is 0 Å². The van der Waals surface area contributed by atoms with E-state index in [0.29, 0.717) is 12.3 Å². The third-order valence-electron chi connectivity index (χ3n) is 2.20. The Bertz CT molecular complexity index is 451. The number of halogens is 2. The van der Waals surface area contributed by atoms with Crippen LogP contribution < -0.4 is 5.32 Å². The number of carbonyl (C=O) groups is 2. The quantitative estimate of drug-likeness (QED) is 0.663. The third-order valence-corrected chi connectivity index (χ3v) is 2.47. The first-order valence-electron chi connectivity index (χ1n) is 5.32. The fourth-order valence-corrected chi connectivity index (χ4v) is 1.48. The van der Waals surface area contributed by atoms with E-state index in [1.807, 2.05) is 0 Å². The summed E-state index contributed by atoms with van der Waals surface area (Å²) in [5, 5.41) is 2.46. The Morgan fingerprint density at radius 2 is 2.17 bits per heavy atom. The monoisotopic (exact) mass is 273 g/mol. The number of ether oxygens (including phenoxy) is 1. The van der Waals surface area contributed by atoms with E-state index in [2.05, 4.69) is 10.1 Å². The smallest absolute Gasteiger partial charge is 0.339 e. The number of carbonyl (C=O) groups excluding carboxylic acids is 2. The van der Waals surface area contributed by atoms with Crippen molar-refractivity contribution in [3.05, 3.63) is 29.6 Å². The van der Waals surface area contributed by atoms with Crippen LogP contribution in [0.25, 0.3) is 0 Å². The van der Waals surface area contributed by atoms with Gasteiger partial charge in [0.15, 0.2) is 0 Å². The standard InChI is InChI=1S/C12H13ClFNO3/c1-18-12(17)9-5-4-8(14)7-10(9)15-11(16)3-2-6-13/h4-5,7H,2-3,6H2,1H3,(H,15,16). The number of nitrogens with one attached hydrogen (secondary N) is 1. The minimum atomic E-state index is -0.636. The number of rotatable bonds is 5. The van der Waals surface area contributed by atoms with Gasteiger partial charge >= 0.3 is 5.97 Å². The molecule has 0 aliphatic rings. The lowest BCUT2D eigenvalue weighted by atomic mass is 10.1. The largest absolute Gasteiger partial charge is 0.465 e. The summed E-state index contributed by atoms with van der Waals surface area (Å²) in [4.78, 5) is 22.9. The van der Waals surface area contributed by atoms with Gasteiger partial charge in [0.1, 0.15) is 5.82 Å². The zero-order valence-electron chi connectivity index (χ0n) is 9.83. The summed E-state index contributed by atoms with van der Waals surface area (Å²) in [6.07, 6.45) is 0.719. The molecule has 18 heavy (non-hydrogen) atoms. The Labute approximate surface area is 109 Å². The number of hydrogen-bond acceptors (Lipinski definition) is 3. The fraction of sp³-hybridized carbons (Fsp3) is 0.333. The van der Waals surface area contributed by atoms with Gasteiger partial charge in [-0.1, -0.05) is 0 Å². The van der Waals surface area contributed by atoms with Gasteiger partial charge in [-0.2, -0.15) is 0 Å². The van der Waals surface area contributed by atoms with Crippen LogP contribution in [-0.4, -0.2) is 24.9 Å². The number of alkyl halides is 1. The average molecular weight is 274 g/mol. The number of methoxy groups -OCH3 is 1. The summed E-state index contributed by atoms with van der Waals surface area (Å²) in [7, 11) is 1.21. The fourth-order valence-electron chi connectivity index (χ4n) is 1.35. The lowest BCUT2D eigenvalue weighted by molar-refractivity contribution is -0.116. The zero-order chi connectivity index (χ0) is 13.5. The second-order valence-corrected chi connectivity index (χ2v) is 3.90. The predicted octanol–water partition coefficient (Wildman–Crippen LogP) is 2.57. The Morgan fingerprint density at radius 3 is 2.78 bits per heavy atom. The molecule has 0 aliphatic carbocycles. The van der Waals surface area contributed by atoms with Crippen LogP contribution >= 0.6 is 11.6 Å². The highest BCUT2D eigenvalue weighted by molar-refractivity contribution is 6.18. The molecule has 1 rings (SSSR count). The van der Waals surface area contributed by atoms with Gasteiger partial charge in [-0.3, -0.25) is 4.79 Å². The molecule has 0 saturated heterocycles. The Hall–Kier alpha value is -1.62. The number of benzene rings is 1. The highest BCUT2D eigenvalue weighted by Gasteiger charge is 2.14. The van der Waals surface area contributed by atoms with Crippen molar-refractivity contribution >= 4 is 29.2 Å². The Balaban J connectivity index is 2.88. The third kappa shape index (κ3) is 4.00. The number of esters is 1. The zero-order valence-corrected chi connectivity index (χ0v) is 10.6. The molecule has 0 radical (unpaired) electrons. The van der Waals surface area contributed by atoms with Crippen LogP contribution in [0.3, 0.4) is 0 Å². The molecule has 1 aromatic rings. The molecule has 0 fully saturated rings. The first kappa shape index (κ1) is 14.4. The minimum Gasteiger partial charge on any atom is -0.465 e. The van der Waals surface area contributed by atoms with Crippen LogP contribution in [0.1, 0.15) is 23.2 Å². The van der Waals surface area contributed by atoms with Crippen molar-refractivity contribution in [2.75, 3.05) is 18.3 Å². The van der Waals surface area contributed by atoms with Gasteiger partial charge in [0.25, 0.3) is 0 Å². The maximum atomic E-state index is 13.1. The first-order valence-corrected chi connectivity index (χ1v) is 5.85. The summed E-state index contributed by atoms with van der Waals surface area (Å²) in [6, 6.07) is 3.46. The Morgan fingerprint density at radius 1 is 1.44 bits per heavy atom. The molecule has 0 heterocycles. The van der Waals surface area contributed by atoms with Crippen molar-refractivity contribution in [3.63, 3.8) is 0 Å². The lowest BCUT2D eigenvalue weighted by Crippen LogP contribution is -2.15. The predicted molar refractivity (Wildman–Crippen MR) is 66.3 cm³/mol. The van der Waals surface area contributed by atoms with Crippen molar-refractivity contribution in [2.45, 2.75) is 12.8 Å². The van der Waals surface area contributed by atoms with Crippen molar-refractivity contribution in [3.8, 4) is 0 Å². The number of anilines is 1. The summed E-state index contributed by atoms with van der Waals surface area (Å²) in [5.74, 6) is -1.15. The van der Waals surface area contributed by atoms with Gasteiger partial charge in [0.05, 0.1) is 18.4 Å². The molecule has 1 aromatic carbocycles. The molecule has 0 aliphatic heterocycles. The van der Waals surface area contributed by atoms with E-state index in [4.69, 9.17) is 11.6 Å². The molecule has 0 aromatic heterocycles. The van der Waals surface area contributed by atoms with Gasteiger partial charge < -0.3 is 10.1 Å². The van der Waals surface area contributed by atoms with Crippen LogP contribution in [0.4, 0.5) is 10.1 Å². The first-order chi connectivity index (χ1) is 8.58. The van der Waals surface area contributed by atoms with E-state index in [0.717, 1.165) is 12.1 Å². The van der Waals surface area contributed by atoms with Crippen LogP contribution in [-0.2, 0) is 9.53 Å². The van der Waals surface area contributed by atoms with E-state index in [-0.39, 0.29) is 23.6 Å². The van der Waals surface area contributed by atoms with E-state index < -0.39 is 11.8 Å². The molecule has 98 valence electrons. The van der Waals surface area contributed by atoms with Gasteiger partial charge in [-0.25, -0.2) is 9.18 Å². The topological polar surface area (TPSA) is 55.4 Å². The summed E-state index contributed by atoms with van der Waals surface area (Å²) < 4.78 is 17.6. The average Bonchev–Trinajstić information content (AvgIpc) is 2.35. The lowest BCUT2D eigenvalue weighted by Gasteiger charge is -2.09. The van der Waals surface area contributed by atoms with E-state index in [1.165, 1.54) is 13.2 Å².